The van der Waals surface area contributed by atoms with E-state index >= 15 is 0 Å². The molecule has 0 radical (unpaired) electrons. The van der Waals surface area contributed by atoms with E-state index in [2.05, 4.69) is 20.9 Å². The van der Waals surface area contributed by atoms with E-state index < -0.39 is 30.3 Å². The number of aromatic nitrogens is 1. The van der Waals surface area contributed by atoms with Gasteiger partial charge in [-0.25, -0.2) is 18.6 Å². The van der Waals surface area contributed by atoms with Gasteiger partial charge in [-0.15, -0.1) is 0 Å². The van der Waals surface area contributed by atoms with Crippen molar-refractivity contribution in [2.45, 2.75) is 44.8 Å². The zero-order chi connectivity index (χ0) is 18.8. The van der Waals surface area contributed by atoms with Gasteiger partial charge in [-0.3, -0.25) is 0 Å². The third-order valence-corrected chi connectivity index (χ3v) is 3.81. The van der Waals surface area contributed by atoms with E-state index in [0.29, 0.717) is 4.47 Å². The van der Waals surface area contributed by atoms with E-state index in [-0.39, 0.29) is 24.4 Å². The standard InChI is InChI=1S/C16H18BrF2N3O3/c1-15(2,3)25-14(23)22-5-4-12(16(18,19)9-22)24-13-10(7-20)6-11(17)8-21-13/h6,8,12H,4-5,9H2,1-3H3. The number of carbonyl (C=O) groups is 1. The van der Waals surface area contributed by atoms with Crippen LogP contribution in [0.4, 0.5) is 13.6 Å². The molecule has 2 rings (SSSR count). The van der Waals surface area contributed by atoms with Gasteiger partial charge in [0.05, 0.1) is 6.54 Å². The lowest BCUT2D eigenvalue weighted by molar-refractivity contribution is -0.138. The molecule has 1 aliphatic rings. The van der Waals surface area contributed by atoms with Crippen molar-refractivity contribution in [2.24, 2.45) is 0 Å². The Kier molecular flexibility index (Phi) is 5.52. The maximum Gasteiger partial charge on any atom is 0.410 e. The van der Waals surface area contributed by atoms with E-state index in [1.165, 1.54) is 12.3 Å². The average Bonchev–Trinajstić information content (AvgIpc) is 2.48. The first-order valence-corrected chi connectivity index (χ1v) is 8.39. The Balaban J connectivity index is 2.09. The van der Waals surface area contributed by atoms with Gasteiger partial charge in [-0.1, -0.05) is 0 Å². The van der Waals surface area contributed by atoms with Crippen LogP contribution < -0.4 is 4.74 Å². The van der Waals surface area contributed by atoms with Crippen LogP contribution in [-0.4, -0.2) is 46.7 Å². The van der Waals surface area contributed by atoms with Crippen molar-refractivity contribution < 1.29 is 23.0 Å². The topological polar surface area (TPSA) is 75.4 Å². The second-order valence-corrected chi connectivity index (χ2v) is 7.59. The number of piperidine rings is 1. The van der Waals surface area contributed by atoms with E-state index in [1.807, 2.05) is 6.07 Å². The Labute approximate surface area is 152 Å². The number of rotatable bonds is 2. The summed E-state index contributed by atoms with van der Waals surface area (Å²) in [6.45, 7) is 4.25. The number of alkyl halides is 2. The van der Waals surface area contributed by atoms with Crippen molar-refractivity contribution in [3.8, 4) is 11.9 Å². The third-order valence-electron chi connectivity index (χ3n) is 3.38. The number of nitrogens with zero attached hydrogens (tertiary/aromatic N) is 3. The van der Waals surface area contributed by atoms with Crippen molar-refractivity contribution in [1.82, 2.24) is 9.88 Å². The molecule has 0 aliphatic carbocycles. The number of ether oxygens (including phenoxy) is 2. The van der Waals surface area contributed by atoms with Gasteiger partial charge in [0.1, 0.15) is 17.2 Å². The van der Waals surface area contributed by atoms with Crippen LogP contribution in [0.3, 0.4) is 0 Å². The lowest BCUT2D eigenvalue weighted by Crippen LogP contribution is -2.56. The summed E-state index contributed by atoms with van der Waals surface area (Å²) in [5.41, 5.74) is -0.706. The van der Waals surface area contributed by atoms with Crippen molar-refractivity contribution >= 4 is 22.0 Å². The molecule has 0 N–H and O–H groups in total. The molecule has 0 aromatic carbocycles. The molecule has 1 aromatic rings. The molecule has 1 aromatic heterocycles. The van der Waals surface area contributed by atoms with Gasteiger partial charge in [0.25, 0.3) is 0 Å². The smallest absolute Gasteiger partial charge is 0.410 e. The van der Waals surface area contributed by atoms with E-state index in [9.17, 15) is 13.6 Å². The van der Waals surface area contributed by atoms with Gasteiger partial charge in [-0.05, 0) is 42.8 Å². The molecule has 9 heteroatoms. The Morgan fingerprint density at radius 1 is 1.52 bits per heavy atom. The molecule has 2 heterocycles. The Hall–Kier alpha value is -1.95. The molecular formula is C16H18BrF2N3O3. The summed E-state index contributed by atoms with van der Waals surface area (Å²) in [4.78, 5) is 16.8. The van der Waals surface area contributed by atoms with Crippen LogP contribution >= 0.6 is 15.9 Å². The van der Waals surface area contributed by atoms with E-state index in [0.717, 1.165) is 4.90 Å². The molecule has 1 aliphatic heterocycles. The Bertz CT molecular complexity index is 701. The number of carbonyl (C=O) groups excluding carboxylic acids is 1. The van der Waals surface area contributed by atoms with Crippen LogP contribution in [0.25, 0.3) is 0 Å². The molecule has 25 heavy (non-hydrogen) atoms. The molecule has 1 amide bonds. The Morgan fingerprint density at radius 3 is 2.76 bits per heavy atom. The average molecular weight is 418 g/mol. The van der Waals surface area contributed by atoms with Crippen molar-refractivity contribution in [1.29, 1.82) is 5.26 Å². The summed E-state index contributed by atoms with van der Waals surface area (Å²) >= 11 is 3.16. The largest absolute Gasteiger partial charge is 0.467 e. The summed E-state index contributed by atoms with van der Waals surface area (Å²) in [6.07, 6.45) is -1.00. The number of nitriles is 1. The van der Waals surface area contributed by atoms with Gasteiger partial charge < -0.3 is 14.4 Å². The number of hydrogen-bond acceptors (Lipinski definition) is 5. The number of pyridine rings is 1. The summed E-state index contributed by atoms with van der Waals surface area (Å²) in [5, 5.41) is 9.08. The second kappa shape index (κ2) is 7.12. The first-order chi connectivity index (χ1) is 11.5. The molecule has 1 saturated heterocycles. The lowest BCUT2D eigenvalue weighted by atomic mass is 10.0. The highest BCUT2D eigenvalue weighted by molar-refractivity contribution is 9.10. The van der Waals surface area contributed by atoms with Crippen molar-refractivity contribution in [2.75, 3.05) is 13.1 Å². The quantitative estimate of drug-likeness (QED) is 0.732. The molecule has 1 fully saturated rings. The first-order valence-electron chi connectivity index (χ1n) is 7.60. The maximum absolute atomic E-state index is 14.4. The summed E-state index contributed by atoms with van der Waals surface area (Å²) < 4.78 is 39.8. The van der Waals surface area contributed by atoms with Crippen LogP contribution in [-0.2, 0) is 4.74 Å². The van der Waals surface area contributed by atoms with Gasteiger partial charge in [0.15, 0.2) is 6.10 Å². The molecule has 136 valence electrons. The number of hydrogen-bond donors (Lipinski definition) is 0. The van der Waals surface area contributed by atoms with E-state index in [1.54, 1.807) is 20.8 Å². The minimum atomic E-state index is -3.30. The monoisotopic (exact) mass is 417 g/mol. The van der Waals surface area contributed by atoms with Crippen LogP contribution in [0.2, 0.25) is 0 Å². The fraction of sp³-hybridized carbons (Fsp3) is 0.562. The molecular weight excluding hydrogens is 400 g/mol. The van der Waals surface area contributed by atoms with Crippen LogP contribution in [0, 0.1) is 11.3 Å². The van der Waals surface area contributed by atoms with Crippen LogP contribution in [0.1, 0.15) is 32.8 Å². The predicted octanol–water partition coefficient (Wildman–Crippen LogP) is 3.74. The zero-order valence-corrected chi connectivity index (χ0v) is 15.6. The molecule has 1 unspecified atom stereocenters. The van der Waals surface area contributed by atoms with Crippen LogP contribution in [0.5, 0.6) is 5.88 Å². The van der Waals surface area contributed by atoms with Crippen molar-refractivity contribution in [3.05, 3.63) is 22.3 Å². The molecule has 1 atom stereocenters. The van der Waals surface area contributed by atoms with Gasteiger partial charge in [0, 0.05) is 23.6 Å². The summed E-state index contributed by atoms with van der Waals surface area (Å²) in [6, 6.07) is 3.30. The normalized spacial score (nSPS) is 19.9. The molecule has 0 bridgehead atoms. The van der Waals surface area contributed by atoms with Crippen molar-refractivity contribution in [3.63, 3.8) is 0 Å². The van der Waals surface area contributed by atoms with Gasteiger partial charge >= 0.3 is 12.0 Å². The van der Waals surface area contributed by atoms with Gasteiger partial charge in [-0.2, -0.15) is 5.26 Å². The SMILES string of the molecule is CC(C)(C)OC(=O)N1CCC(Oc2ncc(Br)cc2C#N)C(F)(F)C1. The fourth-order valence-corrected chi connectivity index (χ4v) is 2.61. The second-order valence-electron chi connectivity index (χ2n) is 6.68. The lowest BCUT2D eigenvalue weighted by Gasteiger charge is -2.38. The van der Waals surface area contributed by atoms with Crippen LogP contribution in [0.15, 0.2) is 16.7 Å². The van der Waals surface area contributed by atoms with E-state index in [4.69, 9.17) is 14.7 Å². The summed E-state index contributed by atoms with van der Waals surface area (Å²) in [5.74, 6) is -3.45. The Morgan fingerprint density at radius 2 is 2.20 bits per heavy atom. The highest BCUT2D eigenvalue weighted by atomic mass is 79.9. The summed E-state index contributed by atoms with van der Waals surface area (Å²) in [7, 11) is 0. The highest BCUT2D eigenvalue weighted by Gasteiger charge is 2.48. The minimum absolute atomic E-state index is 0.0553. The van der Waals surface area contributed by atoms with Gasteiger partial charge in [0.2, 0.25) is 5.88 Å². The minimum Gasteiger partial charge on any atom is -0.467 e. The number of amides is 1. The number of halogens is 3. The number of likely N-dealkylation sites (tertiary alicyclic amines) is 1. The molecule has 0 saturated carbocycles. The third kappa shape index (κ3) is 5.01. The zero-order valence-electron chi connectivity index (χ0n) is 14.1. The highest BCUT2D eigenvalue weighted by Crippen LogP contribution is 2.32. The molecule has 0 spiro atoms. The molecule has 6 nitrogen and oxygen atoms in total. The fourth-order valence-electron chi connectivity index (χ4n) is 2.28. The predicted molar refractivity (Wildman–Crippen MR) is 88.4 cm³/mol. The first kappa shape index (κ1) is 19.4. The maximum atomic E-state index is 14.4.